The summed E-state index contributed by atoms with van der Waals surface area (Å²) in [5, 5.41) is 52.4. The third-order valence-electron chi connectivity index (χ3n) is 2.26. The van der Waals surface area contributed by atoms with Gasteiger partial charge in [-0.05, 0) is 26.9 Å². The van der Waals surface area contributed by atoms with E-state index < -0.39 is 12.2 Å². The van der Waals surface area contributed by atoms with E-state index in [-0.39, 0.29) is 13.1 Å². The first kappa shape index (κ1) is 15.7. The van der Waals surface area contributed by atoms with Gasteiger partial charge in [0.05, 0.1) is 0 Å². The summed E-state index contributed by atoms with van der Waals surface area (Å²) >= 11 is 0. The lowest BCUT2D eigenvalue weighted by atomic mass is 10.3. The number of hydrogen-bond acceptors (Lipinski definition) is 8. The van der Waals surface area contributed by atoms with Crippen molar-refractivity contribution in [1.82, 2.24) is 9.80 Å². The summed E-state index contributed by atoms with van der Waals surface area (Å²) < 4.78 is 0. The van der Waals surface area contributed by atoms with Crippen LogP contribution >= 0.6 is 0 Å². The summed E-state index contributed by atoms with van der Waals surface area (Å²) in [7, 11) is 2.64. The molecule has 0 heterocycles. The van der Waals surface area contributed by atoms with Gasteiger partial charge in [-0.25, -0.2) is 9.80 Å². The van der Waals surface area contributed by atoms with E-state index in [4.69, 9.17) is 30.6 Å². The van der Waals surface area contributed by atoms with Gasteiger partial charge in [0.2, 0.25) is 0 Å². The third kappa shape index (κ3) is 6.30. The minimum Gasteiger partial charge on any atom is -0.330 e. The highest BCUT2D eigenvalue weighted by Crippen LogP contribution is 2.05. The van der Waals surface area contributed by atoms with Crippen LogP contribution in [0.25, 0.3) is 0 Å². The Kier molecular flexibility index (Phi) is 5.73. The topological polar surface area (TPSA) is 128 Å². The zero-order chi connectivity index (χ0) is 13.0. The Balaban J connectivity index is 3.70. The van der Waals surface area contributed by atoms with Gasteiger partial charge < -0.3 is 30.6 Å². The fourth-order valence-electron chi connectivity index (χ4n) is 0.998. The molecule has 0 radical (unpaired) electrons. The van der Waals surface area contributed by atoms with Gasteiger partial charge in [-0.15, -0.1) is 0 Å². The van der Waals surface area contributed by atoms with Gasteiger partial charge in [0.25, 0.3) is 0 Å². The maximum absolute atomic E-state index is 8.73. The molecular weight excluding hydrogens is 220 g/mol. The number of rotatable bonds is 7. The van der Waals surface area contributed by atoms with Crippen molar-refractivity contribution in [3.8, 4) is 0 Å². The second-order valence-electron chi connectivity index (χ2n) is 3.75. The summed E-state index contributed by atoms with van der Waals surface area (Å²) in [4.78, 5) is 1.83. The zero-order valence-electron chi connectivity index (χ0n) is 9.41. The number of aliphatic hydroxyl groups is 6. The lowest BCUT2D eigenvalue weighted by molar-refractivity contribution is -0.390. The van der Waals surface area contributed by atoms with Crippen LogP contribution in [0.2, 0.25) is 0 Å². The molecule has 6 N–H and O–H groups in total. The van der Waals surface area contributed by atoms with Crippen molar-refractivity contribution in [3.05, 3.63) is 0 Å². The quantitative estimate of drug-likeness (QED) is 0.203. The maximum atomic E-state index is 8.73. The Morgan fingerprint density at radius 1 is 0.688 bits per heavy atom. The standard InChI is InChI=1S/C8H20N2O6/c1-9(7(11,12)13)5-3-4-6-10(2)8(14,15)16/h11-16H,3-6H2,1-2H3. The largest absolute Gasteiger partial charge is 0.345 e. The Hall–Kier alpha value is -0.320. The van der Waals surface area contributed by atoms with E-state index in [1.807, 2.05) is 0 Å². The summed E-state index contributed by atoms with van der Waals surface area (Å²) in [5.74, 6) is 0. The lowest BCUT2D eigenvalue weighted by Gasteiger charge is -2.27. The molecule has 0 aliphatic heterocycles. The number of nitrogens with zero attached hydrogens (tertiary/aromatic N) is 2. The van der Waals surface area contributed by atoms with E-state index in [2.05, 4.69) is 0 Å². The molecule has 98 valence electrons. The molecule has 0 rings (SSSR count). The number of hydrogen-bond donors (Lipinski definition) is 6. The van der Waals surface area contributed by atoms with Crippen LogP contribution in [-0.2, 0) is 0 Å². The Morgan fingerprint density at radius 2 is 0.938 bits per heavy atom. The van der Waals surface area contributed by atoms with Crippen molar-refractivity contribution >= 4 is 0 Å². The average Bonchev–Trinajstić information content (AvgIpc) is 2.08. The molecule has 0 saturated heterocycles. The van der Waals surface area contributed by atoms with Gasteiger partial charge in [-0.1, -0.05) is 0 Å². The van der Waals surface area contributed by atoms with E-state index in [9.17, 15) is 0 Å². The van der Waals surface area contributed by atoms with Crippen molar-refractivity contribution in [2.24, 2.45) is 0 Å². The van der Waals surface area contributed by atoms with E-state index >= 15 is 0 Å². The minimum atomic E-state index is -2.85. The van der Waals surface area contributed by atoms with Crippen molar-refractivity contribution in [3.63, 3.8) is 0 Å². The molecule has 0 aromatic carbocycles. The third-order valence-corrected chi connectivity index (χ3v) is 2.26. The normalized spacial score (nSPS) is 13.9. The van der Waals surface area contributed by atoms with Crippen LogP contribution in [-0.4, -0.2) is 79.8 Å². The van der Waals surface area contributed by atoms with Crippen molar-refractivity contribution in [2.45, 2.75) is 25.0 Å². The Bertz CT molecular complexity index is 178. The fourth-order valence-corrected chi connectivity index (χ4v) is 0.998. The van der Waals surface area contributed by atoms with Crippen molar-refractivity contribution in [1.29, 1.82) is 0 Å². The van der Waals surface area contributed by atoms with Crippen LogP contribution in [0.1, 0.15) is 12.8 Å². The monoisotopic (exact) mass is 240 g/mol. The first-order valence-corrected chi connectivity index (χ1v) is 4.82. The second-order valence-corrected chi connectivity index (χ2v) is 3.75. The molecule has 16 heavy (non-hydrogen) atoms. The molecule has 0 amide bonds. The van der Waals surface area contributed by atoms with Gasteiger partial charge >= 0.3 is 12.2 Å². The van der Waals surface area contributed by atoms with Crippen LogP contribution in [0, 0.1) is 0 Å². The van der Waals surface area contributed by atoms with Gasteiger partial charge in [-0.2, -0.15) is 0 Å². The van der Waals surface area contributed by atoms with E-state index in [1.54, 1.807) is 0 Å². The Morgan fingerprint density at radius 3 is 1.12 bits per heavy atom. The van der Waals surface area contributed by atoms with Crippen LogP contribution in [0.3, 0.4) is 0 Å². The lowest BCUT2D eigenvalue weighted by Crippen LogP contribution is -2.47. The highest BCUT2D eigenvalue weighted by molar-refractivity contribution is 4.56. The first-order valence-electron chi connectivity index (χ1n) is 4.82. The molecule has 0 bridgehead atoms. The van der Waals surface area contributed by atoms with Crippen LogP contribution in [0.5, 0.6) is 0 Å². The van der Waals surface area contributed by atoms with Gasteiger partial charge in [0.1, 0.15) is 0 Å². The van der Waals surface area contributed by atoms with Crippen LogP contribution in [0.4, 0.5) is 0 Å². The van der Waals surface area contributed by atoms with Gasteiger partial charge in [0.15, 0.2) is 0 Å². The molecule has 0 aliphatic rings. The molecule has 0 aromatic rings. The van der Waals surface area contributed by atoms with E-state index in [1.165, 1.54) is 14.1 Å². The summed E-state index contributed by atoms with van der Waals surface area (Å²) in [5.41, 5.74) is 0. The zero-order valence-corrected chi connectivity index (χ0v) is 9.41. The summed E-state index contributed by atoms with van der Waals surface area (Å²) in [6.45, 7) is 0.402. The minimum absolute atomic E-state index is 0.201. The van der Waals surface area contributed by atoms with Crippen LogP contribution < -0.4 is 0 Å². The molecule has 8 nitrogen and oxygen atoms in total. The molecule has 0 spiro atoms. The fraction of sp³-hybridized carbons (Fsp3) is 1.00. The second kappa shape index (κ2) is 5.84. The summed E-state index contributed by atoms with van der Waals surface area (Å²) in [6, 6.07) is 0. The molecule has 0 unspecified atom stereocenters. The van der Waals surface area contributed by atoms with E-state index in [0.717, 1.165) is 9.80 Å². The van der Waals surface area contributed by atoms with E-state index in [0.29, 0.717) is 12.8 Å². The van der Waals surface area contributed by atoms with Gasteiger partial charge in [-0.3, -0.25) is 0 Å². The molecule has 0 fully saturated rings. The molecule has 8 heteroatoms. The maximum Gasteiger partial charge on any atom is 0.345 e. The highest BCUT2D eigenvalue weighted by atomic mass is 16.7. The van der Waals surface area contributed by atoms with Crippen LogP contribution in [0.15, 0.2) is 0 Å². The SMILES string of the molecule is CN(CCCCN(C)C(O)(O)O)C(O)(O)O. The predicted octanol–water partition coefficient (Wildman–Crippen LogP) is -3.19. The van der Waals surface area contributed by atoms with Crippen molar-refractivity contribution < 1.29 is 30.6 Å². The highest BCUT2D eigenvalue weighted by Gasteiger charge is 2.26. The summed E-state index contributed by atoms with van der Waals surface area (Å²) in [6.07, 6.45) is -4.75. The molecule has 0 aromatic heterocycles. The van der Waals surface area contributed by atoms with Gasteiger partial charge in [0, 0.05) is 13.1 Å². The smallest absolute Gasteiger partial charge is 0.330 e. The molecule has 0 atom stereocenters. The first-order chi connectivity index (χ1) is 7.05. The average molecular weight is 240 g/mol. The molecule has 0 saturated carbocycles. The molecular formula is C8H20N2O6. The number of unbranched alkanes of at least 4 members (excludes halogenated alkanes) is 1. The Labute approximate surface area is 93.6 Å². The molecule has 0 aliphatic carbocycles. The predicted molar refractivity (Wildman–Crippen MR) is 53.3 cm³/mol. The van der Waals surface area contributed by atoms with Crippen molar-refractivity contribution in [2.75, 3.05) is 27.2 Å².